The highest BCUT2D eigenvalue weighted by Gasteiger charge is 2.32. The van der Waals surface area contributed by atoms with Crippen molar-refractivity contribution >= 4 is 13.4 Å². The third-order valence-electron chi connectivity index (χ3n) is 3.79. The molecule has 0 N–H and O–H groups in total. The second-order valence-corrected chi connectivity index (χ2v) is 6.99. The van der Waals surface area contributed by atoms with E-state index < -0.39 is 7.60 Å². The molecule has 1 aliphatic carbocycles. The molecule has 17 heavy (non-hydrogen) atoms. The average Bonchev–Trinajstić information content (AvgIpc) is 2.38. The van der Waals surface area contributed by atoms with Gasteiger partial charge in [-0.1, -0.05) is 13.3 Å². The highest BCUT2D eigenvalue weighted by molar-refractivity contribution is 7.54. The molecule has 0 aromatic carbocycles. The molecule has 1 saturated carbocycles. The van der Waals surface area contributed by atoms with Gasteiger partial charge in [0.15, 0.2) is 0 Å². The van der Waals surface area contributed by atoms with Crippen LogP contribution >= 0.6 is 7.60 Å². The van der Waals surface area contributed by atoms with Crippen LogP contribution in [0.4, 0.5) is 0 Å². The first kappa shape index (κ1) is 14.9. The van der Waals surface area contributed by atoms with Crippen LogP contribution in [0.15, 0.2) is 0 Å². The number of ketones is 1. The molecule has 0 aromatic rings. The van der Waals surface area contributed by atoms with Crippen molar-refractivity contribution in [1.29, 1.82) is 0 Å². The standard InChI is InChI=1S/C12H23O4P/c1-4-10-5-7-11(8-6-10)12(13)9-17(14,15-2)16-3/h10-11H,4-9H2,1-3H3/t10-,11-. The van der Waals surface area contributed by atoms with Crippen molar-refractivity contribution in [3.63, 3.8) is 0 Å². The molecule has 4 nitrogen and oxygen atoms in total. The first-order chi connectivity index (χ1) is 8.04. The van der Waals surface area contributed by atoms with E-state index in [0.717, 1.165) is 31.6 Å². The van der Waals surface area contributed by atoms with E-state index in [4.69, 9.17) is 9.05 Å². The van der Waals surface area contributed by atoms with Gasteiger partial charge in [0.1, 0.15) is 11.9 Å². The molecule has 0 atom stereocenters. The molecule has 0 amide bonds. The molecule has 0 saturated heterocycles. The van der Waals surface area contributed by atoms with E-state index >= 15 is 0 Å². The Balaban J connectivity index is 2.47. The normalized spacial score (nSPS) is 25.8. The lowest BCUT2D eigenvalue weighted by atomic mass is 9.79. The van der Waals surface area contributed by atoms with E-state index in [1.54, 1.807) is 0 Å². The van der Waals surface area contributed by atoms with Crippen molar-refractivity contribution in [3.05, 3.63) is 0 Å². The maximum atomic E-state index is 12.0. The minimum atomic E-state index is -3.18. The summed E-state index contributed by atoms with van der Waals surface area (Å²) in [5.74, 6) is 0.846. The van der Waals surface area contributed by atoms with E-state index in [1.807, 2.05) is 0 Å². The number of carbonyl (C=O) groups excluding carboxylic acids is 1. The monoisotopic (exact) mass is 262 g/mol. The van der Waals surface area contributed by atoms with Crippen molar-refractivity contribution < 1.29 is 18.4 Å². The Labute approximate surface area is 104 Å². The molecular weight excluding hydrogens is 239 g/mol. The molecular formula is C12H23O4P. The zero-order valence-corrected chi connectivity index (χ0v) is 11.9. The number of hydrogen-bond acceptors (Lipinski definition) is 4. The van der Waals surface area contributed by atoms with Crippen LogP contribution in [0.3, 0.4) is 0 Å². The summed E-state index contributed by atoms with van der Waals surface area (Å²) in [6.07, 6.45) is 5.17. The topological polar surface area (TPSA) is 52.6 Å². The smallest absolute Gasteiger partial charge is 0.312 e. The van der Waals surface area contributed by atoms with E-state index in [2.05, 4.69) is 6.92 Å². The van der Waals surface area contributed by atoms with Crippen LogP contribution in [0.25, 0.3) is 0 Å². The molecule has 1 aliphatic rings. The predicted molar refractivity (Wildman–Crippen MR) is 67.2 cm³/mol. The van der Waals surface area contributed by atoms with E-state index in [0.29, 0.717) is 0 Å². The summed E-state index contributed by atoms with van der Waals surface area (Å²) in [7, 11) is -0.526. The molecule has 1 rings (SSSR count). The number of hydrogen-bond donors (Lipinski definition) is 0. The first-order valence-corrected chi connectivity index (χ1v) is 8.00. The fourth-order valence-electron chi connectivity index (χ4n) is 2.42. The molecule has 0 aliphatic heterocycles. The number of rotatable bonds is 6. The maximum absolute atomic E-state index is 12.0. The Morgan fingerprint density at radius 2 is 1.71 bits per heavy atom. The minimum Gasteiger partial charge on any atom is -0.312 e. The first-order valence-electron chi connectivity index (χ1n) is 6.28. The highest BCUT2D eigenvalue weighted by Crippen LogP contribution is 2.47. The van der Waals surface area contributed by atoms with Gasteiger partial charge in [-0.15, -0.1) is 0 Å². The number of carbonyl (C=O) groups is 1. The SMILES string of the molecule is CC[C@H]1CC[C@H](C(=O)CP(=O)(OC)OC)CC1. The van der Waals surface area contributed by atoms with Crippen LogP contribution in [0.5, 0.6) is 0 Å². The molecule has 0 unspecified atom stereocenters. The van der Waals surface area contributed by atoms with Crippen LogP contribution in [-0.2, 0) is 18.4 Å². The van der Waals surface area contributed by atoms with Gasteiger partial charge in [-0.25, -0.2) is 0 Å². The molecule has 1 fully saturated rings. The van der Waals surface area contributed by atoms with Crippen molar-refractivity contribution in [3.8, 4) is 0 Å². The van der Waals surface area contributed by atoms with Gasteiger partial charge >= 0.3 is 7.60 Å². The second-order valence-electron chi connectivity index (χ2n) is 4.73. The van der Waals surface area contributed by atoms with Gasteiger partial charge in [-0.05, 0) is 31.6 Å². The third kappa shape index (κ3) is 4.20. The molecule has 0 radical (unpaired) electrons. The Hall–Kier alpha value is -0.180. The van der Waals surface area contributed by atoms with Crippen LogP contribution in [0.2, 0.25) is 0 Å². The van der Waals surface area contributed by atoms with E-state index in [1.165, 1.54) is 20.6 Å². The van der Waals surface area contributed by atoms with Gasteiger partial charge in [0.25, 0.3) is 0 Å². The summed E-state index contributed by atoms with van der Waals surface area (Å²) < 4.78 is 21.5. The van der Waals surface area contributed by atoms with Crippen molar-refractivity contribution in [2.24, 2.45) is 11.8 Å². The van der Waals surface area contributed by atoms with Crippen LogP contribution in [0, 0.1) is 11.8 Å². The fourth-order valence-corrected chi connectivity index (χ4v) is 3.46. The van der Waals surface area contributed by atoms with Crippen molar-refractivity contribution in [2.45, 2.75) is 39.0 Å². The lowest BCUT2D eigenvalue weighted by Gasteiger charge is -2.27. The fraction of sp³-hybridized carbons (Fsp3) is 0.917. The van der Waals surface area contributed by atoms with Crippen molar-refractivity contribution in [1.82, 2.24) is 0 Å². The summed E-state index contributed by atoms with van der Waals surface area (Å²) in [6.45, 7) is 2.19. The Kier molecular flexibility index (Phi) is 5.84. The summed E-state index contributed by atoms with van der Waals surface area (Å²) in [5.41, 5.74) is 0. The minimum absolute atomic E-state index is 0.0339. The average molecular weight is 262 g/mol. The number of Topliss-reactive ketones (excluding diaryl/α,β-unsaturated/α-hetero) is 1. The highest BCUT2D eigenvalue weighted by atomic mass is 31.2. The van der Waals surface area contributed by atoms with Gasteiger partial charge in [0, 0.05) is 20.1 Å². The summed E-state index contributed by atoms with van der Waals surface area (Å²) in [4.78, 5) is 12.0. The molecule has 100 valence electrons. The lowest BCUT2D eigenvalue weighted by molar-refractivity contribution is -0.121. The van der Waals surface area contributed by atoms with E-state index in [-0.39, 0.29) is 17.9 Å². The summed E-state index contributed by atoms with van der Waals surface area (Å²) in [6, 6.07) is 0. The summed E-state index contributed by atoms with van der Waals surface area (Å²) in [5, 5.41) is 0. The van der Waals surface area contributed by atoms with Gasteiger partial charge in [-0.2, -0.15) is 0 Å². The van der Waals surface area contributed by atoms with Crippen LogP contribution in [-0.4, -0.2) is 26.2 Å². The van der Waals surface area contributed by atoms with Gasteiger partial charge in [-0.3, -0.25) is 9.36 Å². The van der Waals surface area contributed by atoms with Crippen LogP contribution < -0.4 is 0 Å². The quantitative estimate of drug-likeness (QED) is 0.689. The van der Waals surface area contributed by atoms with Gasteiger partial charge in [0.05, 0.1) is 0 Å². The van der Waals surface area contributed by atoms with Gasteiger partial charge < -0.3 is 9.05 Å². The van der Waals surface area contributed by atoms with Crippen LogP contribution in [0.1, 0.15) is 39.0 Å². The molecule has 0 bridgehead atoms. The summed E-state index contributed by atoms with van der Waals surface area (Å²) >= 11 is 0. The second kappa shape index (κ2) is 6.67. The Bertz CT molecular complexity index is 287. The van der Waals surface area contributed by atoms with Crippen molar-refractivity contribution in [2.75, 3.05) is 20.4 Å². The Morgan fingerprint density at radius 1 is 1.18 bits per heavy atom. The van der Waals surface area contributed by atoms with E-state index in [9.17, 15) is 9.36 Å². The maximum Gasteiger partial charge on any atom is 0.337 e. The molecule has 0 aromatic heterocycles. The Morgan fingerprint density at radius 3 is 2.12 bits per heavy atom. The lowest BCUT2D eigenvalue weighted by Crippen LogP contribution is -2.24. The predicted octanol–water partition coefficient (Wildman–Crippen LogP) is 3.26. The van der Waals surface area contributed by atoms with Gasteiger partial charge in [0.2, 0.25) is 0 Å². The molecule has 0 spiro atoms. The zero-order chi connectivity index (χ0) is 12.9. The third-order valence-corrected chi connectivity index (χ3v) is 5.60. The molecule has 5 heteroatoms. The molecule has 0 heterocycles. The largest absolute Gasteiger partial charge is 0.337 e. The zero-order valence-electron chi connectivity index (χ0n) is 11.0.